The second kappa shape index (κ2) is 7.26. The second-order valence-electron chi connectivity index (χ2n) is 9.69. The van der Waals surface area contributed by atoms with Crippen molar-refractivity contribution in [3.05, 3.63) is 53.6 Å². The molecule has 3 fully saturated rings. The van der Waals surface area contributed by atoms with Crippen molar-refractivity contribution in [2.75, 3.05) is 5.32 Å². The van der Waals surface area contributed by atoms with Crippen LogP contribution in [0.3, 0.4) is 0 Å². The number of benzene rings is 1. The Morgan fingerprint density at radius 3 is 2.73 bits per heavy atom. The van der Waals surface area contributed by atoms with E-state index >= 15 is 0 Å². The minimum atomic E-state index is 0.148. The molecule has 1 aromatic heterocycles. The van der Waals surface area contributed by atoms with Crippen LogP contribution in [-0.4, -0.2) is 15.5 Å². The first-order valence-electron chi connectivity index (χ1n) is 11.5. The van der Waals surface area contributed by atoms with E-state index < -0.39 is 0 Å². The number of imidazole rings is 1. The van der Waals surface area contributed by atoms with Crippen LogP contribution in [0.4, 0.5) is 5.69 Å². The maximum atomic E-state index is 13.1. The Hall–Kier alpha value is -2.07. The van der Waals surface area contributed by atoms with Gasteiger partial charge >= 0.3 is 0 Å². The van der Waals surface area contributed by atoms with Crippen LogP contribution in [0.1, 0.15) is 50.4 Å². The Balaban J connectivity index is 1.18. The van der Waals surface area contributed by atoms with E-state index in [1.807, 2.05) is 30.5 Å². The number of fused-ring (bicyclic) bond motifs is 7. The number of nitrogens with one attached hydrogen (secondary N) is 1. The third-order valence-corrected chi connectivity index (χ3v) is 8.73. The number of allylic oxidation sites excluding steroid dienone is 1. The van der Waals surface area contributed by atoms with Gasteiger partial charge in [-0.25, -0.2) is 4.98 Å². The predicted molar refractivity (Wildman–Crippen MR) is 119 cm³/mol. The van der Waals surface area contributed by atoms with E-state index in [-0.39, 0.29) is 11.8 Å². The molecule has 4 nitrogen and oxygen atoms in total. The lowest BCUT2D eigenvalue weighted by atomic mass is 9.56. The highest BCUT2D eigenvalue weighted by atomic mass is 35.5. The van der Waals surface area contributed by atoms with Crippen LogP contribution in [-0.2, 0) is 4.79 Å². The van der Waals surface area contributed by atoms with Gasteiger partial charge in [0.1, 0.15) is 5.82 Å². The molecule has 3 aliphatic carbocycles. The van der Waals surface area contributed by atoms with Crippen molar-refractivity contribution in [3.63, 3.8) is 0 Å². The summed E-state index contributed by atoms with van der Waals surface area (Å²) < 4.78 is 2.41. The first-order valence-corrected chi connectivity index (χ1v) is 11.8. The summed E-state index contributed by atoms with van der Waals surface area (Å²) >= 11 is 6.09. The molecule has 6 rings (SSSR count). The van der Waals surface area contributed by atoms with E-state index in [0.29, 0.717) is 28.8 Å². The fourth-order valence-electron chi connectivity index (χ4n) is 7.36. The lowest BCUT2D eigenvalue weighted by Crippen LogP contribution is -2.44. The number of amides is 1. The molecule has 2 heterocycles. The molecule has 4 aliphatic rings. The molecule has 3 saturated carbocycles. The number of carbonyl (C=O) groups excluding carboxylic acids is 1. The Kier molecular flexibility index (Phi) is 4.52. The van der Waals surface area contributed by atoms with E-state index in [1.165, 1.54) is 32.1 Å². The van der Waals surface area contributed by atoms with Gasteiger partial charge in [-0.1, -0.05) is 23.7 Å². The van der Waals surface area contributed by atoms with Crippen LogP contribution >= 0.6 is 11.6 Å². The highest BCUT2D eigenvalue weighted by molar-refractivity contribution is 6.30. The second-order valence-corrected chi connectivity index (χ2v) is 10.1. The van der Waals surface area contributed by atoms with Crippen molar-refractivity contribution in [1.82, 2.24) is 9.55 Å². The Morgan fingerprint density at radius 2 is 1.83 bits per heavy atom. The summed E-state index contributed by atoms with van der Waals surface area (Å²) in [5.41, 5.74) is 0.814. The molecule has 1 amide bonds. The zero-order valence-corrected chi connectivity index (χ0v) is 17.8. The maximum absolute atomic E-state index is 13.1. The molecule has 1 aliphatic heterocycles. The summed E-state index contributed by atoms with van der Waals surface area (Å²) in [6.45, 7) is 0. The van der Waals surface area contributed by atoms with E-state index in [4.69, 9.17) is 11.6 Å². The average molecular weight is 422 g/mol. The van der Waals surface area contributed by atoms with Crippen LogP contribution in [0.2, 0.25) is 5.02 Å². The molecule has 2 aromatic rings. The molecule has 156 valence electrons. The van der Waals surface area contributed by atoms with Gasteiger partial charge in [-0.3, -0.25) is 4.79 Å². The molecule has 0 bridgehead atoms. The van der Waals surface area contributed by atoms with Crippen LogP contribution in [0.25, 0.3) is 6.08 Å². The average Bonchev–Trinajstić information content (AvgIpc) is 3.40. The fraction of sp³-hybridized carbons (Fsp3) is 0.520. The van der Waals surface area contributed by atoms with Crippen LogP contribution < -0.4 is 5.32 Å². The van der Waals surface area contributed by atoms with Crippen LogP contribution in [0.5, 0.6) is 0 Å². The predicted octanol–water partition coefficient (Wildman–Crippen LogP) is 5.82. The molecule has 0 spiro atoms. The van der Waals surface area contributed by atoms with E-state index in [2.05, 4.69) is 33.2 Å². The molecule has 1 aromatic carbocycles. The third kappa shape index (κ3) is 2.95. The molecule has 7 atom stereocenters. The fourth-order valence-corrected chi connectivity index (χ4v) is 7.55. The highest BCUT2D eigenvalue weighted by Crippen LogP contribution is 2.58. The lowest BCUT2D eigenvalue weighted by molar-refractivity contribution is -0.122. The number of hydrogen-bond donors (Lipinski definition) is 1. The van der Waals surface area contributed by atoms with Crippen LogP contribution in [0, 0.1) is 35.5 Å². The SMILES string of the molecule is O=C(Nc1cccc(Cl)c1)[C@@H]1CC[C@H]2[C@@H]3CCC4[C@H](C=Cc5nccn54)[C@H]3CC[C@@H]21. The van der Waals surface area contributed by atoms with Gasteiger partial charge < -0.3 is 9.88 Å². The molecular formula is C25H28ClN3O. The molecule has 5 heteroatoms. The van der Waals surface area contributed by atoms with Gasteiger partial charge in [0.2, 0.25) is 5.91 Å². The van der Waals surface area contributed by atoms with Crippen molar-refractivity contribution in [3.8, 4) is 0 Å². The summed E-state index contributed by atoms with van der Waals surface area (Å²) in [5.74, 6) is 4.85. The third-order valence-electron chi connectivity index (χ3n) is 8.50. The van der Waals surface area contributed by atoms with Gasteiger partial charge in [0, 0.05) is 41.0 Å². The lowest BCUT2D eigenvalue weighted by Gasteiger charge is -2.51. The minimum Gasteiger partial charge on any atom is -0.328 e. The minimum absolute atomic E-state index is 0.148. The highest BCUT2D eigenvalue weighted by Gasteiger charge is 2.52. The smallest absolute Gasteiger partial charge is 0.227 e. The largest absolute Gasteiger partial charge is 0.328 e. The number of hydrogen-bond acceptors (Lipinski definition) is 2. The summed E-state index contributed by atoms with van der Waals surface area (Å²) in [5, 5.41) is 3.80. The van der Waals surface area contributed by atoms with Gasteiger partial charge in [0.25, 0.3) is 0 Å². The van der Waals surface area contributed by atoms with E-state index in [0.717, 1.165) is 29.8 Å². The zero-order chi connectivity index (χ0) is 20.2. The number of aromatic nitrogens is 2. The number of nitrogens with zero attached hydrogens (tertiary/aromatic N) is 2. The Labute approximate surface area is 182 Å². The summed E-state index contributed by atoms with van der Waals surface area (Å²) in [4.78, 5) is 17.6. The zero-order valence-electron chi connectivity index (χ0n) is 17.1. The molecular weight excluding hydrogens is 394 g/mol. The van der Waals surface area contributed by atoms with Gasteiger partial charge in [0.05, 0.1) is 0 Å². The van der Waals surface area contributed by atoms with Crippen molar-refractivity contribution < 1.29 is 4.79 Å². The van der Waals surface area contributed by atoms with Crippen molar-refractivity contribution >= 4 is 29.3 Å². The van der Waals surface area contributed by atoms with Crippen molar-refractivity contribution in [1.29, 1.82) is 0 Å². The molecule has 1 N–H and O–H groups in total. The number of anilines is 1. The number of carbonyl (C=O) groups is 1. The first kappa shape index (κ1) is 18.7. The monoisotopic (exact) mass is 421 g/mol. The number of halogens is 1. The van der Waals surface area contributed by atoms with Crippen molar-refractivity contribution in [2.45, 2.75) is 44.6 Å². The molecule has 30 heavy (non-hydrogen) atoms. The Bertz CT molecular complexity index is 998. The molecule has 1 unspecified atom stereocenters. The molecule has 0 radical (unpaired) electrons. The first-order chi connectivity index (χ1) is 14.7. The summed E-state index contributed by atoms with van der Waals surface area (Å²) in [6, 6.07) is 8.07. The summed E-state index contributed by atoms with van der Waals surface area (Å²) in [7, 11) is 0. The number of rotatable bonds is 2. The van der Waals surface area contributed by atoms with Gasteiger partial charge in [0.15, 0.2) is 0 Å². The van der Waals surface area contributed by atoms with Gasteiger partial charge in [-0.15, -0.1) is 0 Å². The maximum Gasteiger partial charge on any atom is 0.227 e. The van der Waals surface area contributed by atoms with Gasteiger partial charge in [-0.2, -0.15) is 0 Å². The van der Waals surface area contributed by atoms with Gasteiger partial charge in [-0.05, 0) is 86.5 Å². The van der Waals surface area contributed by atoms with Crippen LogP contribution in [0.15, 0.2) is 42.7 Å². The Morgan fingerprint density at radius 1 is 1.03 bits per heavy atom. The standard InChI is InChI=1S/C25H28ClN3O/c26-15-2-1-3-16(14-15)28-25(30)22-7-6-17-18-8-10-23-21(19(18)4-5-20(17)22)9-11-24-27-12-13-29(23)24/h1-3,9,11-14,17-23H,4-8,10H2,(H,28,30)/t17-,18-,19-,20-,21+,22+,23?/m0/s1. The molecule has 0 saturated heterocycles. The topological polar surface area (TPSA) is 46.9 Å². The van der Waals surface area contributed by atoms with E-state index in [1.54, 1.807) is 0 Å². The van der Waals surface area contributed by atoms with Crippen molar-refractivity contribution in [2.24, 2.45) is 35.5 Å². The van der Waals surface area contributed by atoms with E-state index in [9.17, 15) is 4.79 Å². The quantitative estimate of drug-likeness (QED) is 0.663. The normalized spacial score (nSPS) is 36.4. The summed E-state index contributed by atoms with van der Waals surface area (Å²) in [6.07, 6.45) is 16.0.